The van der Waals surface area contributed by atoms with Crippen LogP contribution in [0.3, 0.4) is 0 Å². The van der Waals surface area contributed by atoms with Gasteiger partial charge in [-0.05, 0) is 22.0 Å². The van der Waals surface area contributed by atoms with E-state index in [1.807, 2.05) is 6.07 Å². The van der Waals surface area contributed by atoms with E-state index in [-0.39, 0.29) is 0 Å². The van der Waals surface area contributed by atoms with Crippen LogP contribution in [0.1, 0.15) is 0 Å². The first-order valence-corrected chi connectivity index (χ1v) is 4.37. The van der Waals surface area contributed by atoms with Gasteiger partial charge in [0, 0.05) is 17.3 Å². The molecule has 4 nitrogen and oxygen atoms in total. The first-order valence-electron chi connectivity index (χ1n) is 3.58. The van der Waals surface area contributed by atoms with Gasteiger partial charge in [-0.2, -0.15) is 0 Å². The summed E-state index contributed by atoms with van der Waals surface area (Å²) in [4.78, 5) is 7.95. The van der Waals surface area contributed by atoms with Crippen LogP contribution >= 0.6 is 15.9 Å². The van der Waals surface area contributed by atoms with Gasteiger partial charge >= 0.3 is 0 Å². The highest BCUT2D eigenvalue weighted by molar-refractivity contribution is 9.10. The van der Waals surface area contributed by atoms with Crippen molar-refractivity contribution in [2.75, 3.05) is 5.73 Å². The highest BCUT2D eigenvalue weighted by atomic mass is 79.9. The highest BCUT2D eigenvalue weighted by Crippen LogP contribution is 2.24. The van der Waals surface area contributed by atoms with Gasteiger partial charge in [0.1, 0.15) is 5.82 Å². The molecule has 0 spiro atoms. The zero-order valence-electron chi connectivity index (χ0n) is 6.57. The van der Waals surface area contributed by atoms with Gasteiger partial charge < -0.3 is 10.2 Å². The maximum absolute atomic E-state index is 5.69. The Morgan fingerprint density at radius 2 is 2.31 bits per heavy atom. The lowest BCUT2D eigenvalue weighted by Gasteiger charge is -2.00. The van der Waals surface area contributed by atoms with Crippen molar-refractivity contribution in [1.82, 2.24) is 9.97 Å². The second kappa shape index (κ2) is 3.18. The fourth-order valence-corrected chi connectivity index (χ4v) is 1.31. The summed E-state index contributed by atoms with van der Waals surface area (Å²) in [6.07, 6.45) is 4.83. The van der Waals surface area contributed by atoms with Crippen LogP contribution in [0.25, 0.3) is 11.1 Å². The van der Waals surface area contributed by atoms with Gasteiger partial charge in [-0.15, -0.1) is 0 Å². The SMILES string of the molecule is Nc1nc(Br)ncc1-c1ccoc1. The molecule has 0 fully saturated rings. The maximum Gasteiger partial charge on any atom is 0.198 e. The second-order valence-corrected chi connectivity index (χ2v) is 3.16. The number of rotatable bonds is 1. The minimum atomic E-state index is 0.434. The van der Waals surface area contributed by atoms with E-state index in [1.165, 1.54) is 0 Å². The van der Waals surface area contributed by atoms with Gasteiger partial charge in [-0.1, -0.05) is 0 Å². The minimum Gasteiger partial charge on any atom is -0.472 e. The molecule has 2 heterocycles. The molecule has 0 amide bonds. The molecule has 0 atom stereocenters. The zero-order chi connectivity index (χ0) is 9.26. The lowest BCUT2D eigenvalue weighted by molar-refractivity contribution is 0.568. The quantitative estimate of drug-likeness (QED) is 0.775. The van der Waals surface area contributed by atoms with Gasteiger partial charge in [0.2, 0.25) is 0 Å². The summed E-state index contributed by atoms with van der Waals surface area (Å²) in [5.74, 6) is 0.434. The molecule has 13 heavy (non-hydrogen) atoms. The van der Waals surface area contributed by atoms with Crippen LogP contribution in [-0.2, 0) is 0 Å². The van der Waals surface area contributed by atoms with E-state index in [4.69, 9.17) is 10.2 Å². The molecule has 2 rings (SSSR count). The van der Waals surface area contributed by atoms with Gasteiger partial charge in [-0.3, -0.25) is 0 Å². The fraction of sp³-hybridized carbons (Fsp3) is 0. The smallest absolute Gasteiger partial charge is 0.198 e. The van der Waals surface area contributed by atoms with Crippen molar-refractivity contribution >= 4 is 21.7 Å². The van der Waals surface area contributed by atoms with Crippen LogP contribution in [0.4, 0.5) is 5.82 Å². The van der Waals surface area contributed by atoms with Crippen LogP contribution in [0.2, 0.25) is 0 Å². The molecule has 0 aliphatic rings. The number of furan rings is 1. The Kier molecular flexibility index (Phi) is 2.02. The van der Waals surface area contributed by atoms with Gasteiger partial charge in [0.15, 0.2) is 4.73 Å². The Morgan fingerprint density at radius 3 is 2.92 bits per heavy atom. The van der Waals surface area contributed by atoms with E-state index < -0.39 is 0 Å². The number of hydrogen-bond acceptors (Lipinski definition) is 4. The molecule has 66 valence electrons. The number of nitrogens with zero attached hydrogens (tertiary/aromatic N) is 2. The van der Waals surface area contributed by atoms with Crippen LogP contribution in [0.5, 0.6) is 0 Å². The normalized spacial score (nSPS) is 10.2. The van der Waals surface area contributed by atoms with Crippen molar-refractivity contribution < 1.29 is 4.42 Å². The van der Waals surface area contributed by atoms with E-state index in [0.717, 1.165) is 11.1 Å². The molecule has 0 unspecified atom stereocenters. The average Bonchev–Trinajstić information content (AvgIpc) is 2.56. The fourth-order valence-electron chi connectivity index (χ4n) is 1.01. The number of nitrogen functional groups attached to an aromatic ring is 1. The molecule has 0 aromatic carbocycles. The third-order valence-corrected chi connectivity index (χ3v) is 2.00. The van der Waals surface area contributed by atoms with E-state index in [2.05, 4.69) is 25.9 Å². The van der Waals surface area contributed by atoms with Crippen molar-refractivity contribution in [3.05, 3.63) is 29.5 Å². The standard InChI is InChI=1S/C8H6BrN3O/c9-8-11-3-6(7(10)12-8)5-1-2-13-4-5/h1-4H,(H2,10,11,12). The van der Waals surface area contributed by atoms with Crippen molar-refractivity contribution in [2.24, 2.45) is 0 Å². The Hall–Kier alpha value is -1.36. The van der Waals surface area contributed by atoms with Crippen molar-refractivity contribution in [3.8, 4) is 11.1 Å². The molecule has 2 aromatic rings. The van der Waals surface area contributed by atoms with E-state index >= 15 is 0 Å². The summed E-state index contributed by atoms with van der Waals surface area (Å²) in [6, 6.07) is 1.81. The molecule has 2 N–H and O–H groups in total. The topological polar surface area (TPSA) is 64.9 Å². The molecule has 0 aliphatic carbocycles. The summed E-state index contributed by atoms with van der Waals surface area (Å²) in [5.41, 5.74) is 7.34. The molecule has 0 bridgehead atoms. The Morgan fingerprint density at radius 1 is 1.46 bits per heavy atom. The molecule has 5 heteroatoms. The van der Waals surface area contributed by atoms with E-state index in [1.54, 1.807) is 18.7 Å². The molecular formula is C8H6BrN3O. The molecule has 0 saturated heterocycles. The molecule has 2 aromatic heterocycles. The number of hydrogen-bond donors (Lipinski definition) is 1. The average molecular weight is 240 g/mol. The molecule has 0 radical (unpaired) electrons. The Balaban J connectivity index is 2.53. The molecule has 0 saturated carbocycles. The Labute approximate surface area is 82.9 Å². The van der Waals surface area contributed by atoms with Crippen molar-refractivity contribution in [1.29, 1.82) is 0 Å². The van der Waals surface area contributed by atoms with Crippen LogP contribution in [0, 0.1) is 0 Å². The predicted octanol–water partition coefficient (Wildman–Crippen LogP) is 2.08. The zero-order valence-corrected chi connectivity index (χ0v) is 8.15. The van der Waals surface area contributed by atoms with Crippen molar-refractivity contribution in [3.63, 3.8) is 0 Å². The summed E-state index contributed by atoms with van der Waals surface area (Å²) < 4.78 is 5.41. The number of halogens is 1. The van der Waals surface area contributed by atoms with E-state index in [9.17, 15) is 0 Å². The molecular weight excluding hydrogens is 234 g/mol. The van der Waals surface area contributed by atoms with Crippen LogP contribution < -0.4 is 5.73 Å². The summed E-state index contributed by atoms with van der Waals surface area (Å²) in [6.45, 7) is 0. The first kappa shape index (κ1) is 8.25. The number of aromatic nitrogens is 2. The third-order valence-electron chi connectivity index (χ3n) is 1.62. The lowest BCUT2D eigenvalue weighted by Crippen LogP contribution is -1.95. The number of anilines is 1. The van der Waals surface area contributed by atoms with Gasteiger partial charge in [-0.25, -0.2) is 9.97 Å². The summed E-state index contributed by atoms with van der Waals surface area (Å²) >= 11 is 3.13. The largest absolute Gasteiger partial charge is 0.472 e. The van der Waals surface area contributed by atoms with E-state index in [0.29, 0.717) is 10.6 Å². The lowest BCUT2D eigenvalue weighted by atomic mass is 10.2. The van der Waals surface area contributed by atoms with Gasteiger partial charge in [0.05, 0.1) is 12.5 Å². The Bertz CT molecular complexity index is 413. The minimum absolute atomic E-state index is 0.434. The summed E-state index contributed by atoms with van der Waals surface area (Å²) in [5, 5.41) is 0. The van der Waals surface area contributed by atoms with Crippen LogP contribution in [0.15, 0.2) is 33.9 Å². The third kappa shape index (κ3) is 1.55. The highest BCUT2D eigenvalue weighted by Gasteiger charge is 2.05. The molecule has 0 aliphatic heterocycles. The first-order chi connectivity index (χ1) is 6.27. The second-order valence-electron chi connectivity index (χ2n) is 2.45. The maximum atomic E-state index is 5.69. The van der Waals surface area contributed by atoms with Crippen LogP contribution in [-0.4, -0.2) is 9.97 Å². The number of nitrogens with two attached hydrogens (primary N) is 1. The predicted molar refractivity (Wildman–Crippen MR) is 51.8 cm³/mol. The van der Waals surface area contributed by atoms with Gasteiger partial charge in [0.25, 0.3) is 0 Å². The monoisotopic (exact) mass is 239 g/mol. The van der Waals surface area contributed by atoms with Crippen molar-refractivity contribution in [2.45, 2.75) is 0 Å². The summed E-state index contributed by atoms with van der Waals surface area (Å²) in [7, 11) is 0.